The van der Waals surface area contributed by atoms with E-state index in [9.17, 15) is 26.4 Å². The van der Waals surface area contributed by atoms with Gasteiger partial charge in [-0.3, -0.25) is 14.7 Å². The fourth-order valence-corrected chi connectivity index (χ4v) is 6.03. The molecule has 0 saturated heterocycles. The maximum absolute atomic E-state index is 13.2. The molecule has 0 amide bonds. The molecule has 0 saturated carbocycles. The third-order valence-electron chi connectivity index (χ3n) is 6.72. The van der Waals surface area contributed by atoms with Gasteiger partial charge in [-0.25, -0.2) is 8.42 Å². The number of carboxylic acid groups (broad SMARTS) is 1. The van der Waals surface area contributed by atoms with Crippen molar-refractivity contribution in [2.24, 2.45) is 0 Å². The molecular weight excluding hydrogens is 605 g/mol. The Bertz CT molecular complexity index is 1890. The Morgan fingerprint density at radius 3 is 2.37 bits per heavy atom. The van der Waals surface area contributed by atoms with Gasteiger partial charge >= 0.3 is 12.1 Å². The van der Waals surface area contributed by atoms with Crippen LogP contribution in [0.25, 0.3) is 22.0 Å². The number of carboxylic acids is 1. The van der Waals surface area contributed by atoms with Crippen molar-refractivity contribution in [1.82, 2.24) is 9.88 Å². The first-order valence-corrected chi connectivity index (χ1v) is 15.0. The molecule has 43 heavy (non-hydrogen) atoms. The smallest absolute Gasteiger partial charge is 0.449 e. The molecule has 0 radical (unpaired) electrons. The number of carbonyl (C=O) groups is 1. The van der Waals surface area contributed by atoms with Crippen LogP contribution in [0.5, 0.6) is 0 Å². The molecule has 0 aliphatic heterocycles. The molecule has 222 valence electrons. The monoisotopic (exact) mass is 628 g/mol. The van der Waals surface area contributed by atoms with Gasteiger partial charge in [-0.05, 0) is 53.1 Å². The molecule has 2 aromatic heterocycles. The first-order chi connectivity index (χ1) is 20.4. The highest BCUT2D eigenvalue weighted by molar-refractivity contribution is 7.92. The maximum atomic E-state index is 13.2. The van der Waals surface area contributed by atoms with Gasteiger partial charge in [0.25, 0.3) is 0 Å². The highest BCUT2D eigenvalue weighted by Crippen LogP contribution is 2.32. The van der Waals surface area contributed by atoms with Crippen LogP contribution in [0.3, 0.4) is 0 Å². The van der Waals surface area contributed by atoms with E-state index < -0.39 is 33.5 Å². The van der Waals surface area contributed by atoms with Crippen LogP contribution in [0.1, 0.15) is 22.6 Å². The first-order valence-electron chi connectivity index (χ1n) is 12.9. The number of furan rings is 1. The van der Waals surface area contributed by atoms with Gasteiger partial charge in [0.2, 0.25) is 5.76 Å². The molecule has 0 bridgehead atoms. The summed E-state index contributed by atoms with van der Waals surface area (Å²) >= 11 is 6.56. The highest BCUT2D eigenvalue weighted by Gasteiger charge is 2.35. The lowest BCUT2D eigenvalue weighted by Crippen LogP contribution is -2.22. The number of aliphatic carboxylic acids is 1. The summed E-state index contributed by atoms with van der Waals surface area (Å²) in [5.74, 6) is -3.40. The number of pyridine rings is 1. The van der Waals surface area contributed by atoms with Crippen molar-refractivity contribution in [3.63, 3.8) is 0 Å². The van der Waals surface area contributed by atoms with Crippen LogP contribution >= 0.6 is 11.6 Å². The van der Waals surface area contributed by atoms with Crippen LogP contribution in [0.15, 0.2) is 100 Å². The van der Waals surface area contributed by atoms with E-state index in [0.717, 1.165) is 22.6 Å². The Kier molecular flexibility index (Phi) is 8.59. The Hall–Kier alpha value is -4.19. The van der Waals surface area contributed by atoms with Crippen LogP contribution < -0.4 is 0 Å². The van der Waals surface area contributed by atoms with Crippen molar-refractivity contribution in [3.05, 3.63) is 119 Å². The predicted octanol–water partition coefficient (Wildman–Crippen LogP) is 7.23. The molecule has 1 N–H and O–H groups in total. The molecule has 2 heterocycles. The number of aromatic nitrogens is 1. The number of fused-ring (bicyclic) bond motifs is 1. The summed E-state index contributed by atoms with van der Waals surface area (Å²) in [6, 6.07) is 22.8. The van der Waals surface area contributed by atoms with Gasteiger partial charge in [-0.1, -0.05) is 60.1 Å². The van der Waals surface area contributed by atoms with Crippen LogP contribution in [0.2, 0.25) is 5.02 Å². The fourth-order valence-electron chi connectivity index (χ4n) is 4.73. The van der Waals surface area contributed by atoms with Gasteiger partial charge in [0.1, 0.15) is 5.76 Å². The zero-order valence-corrected chi connectivity index (χ0v) is 24.0. The second kappa shape index (κ2) is 12.2. The number of halogens is 4. The minimum absolute atomic E-state index is 0.0564. The SMILES string of the molecule is O=C(O)CS(=O)(=O)c1cccc(-c2ccc(CN(Cc3ccc(C(F)(F)F)o3)Cc3c(Cl)ccc4cccnc34)cc2)c1. The Labute approximate surface area is 250 Å². The second-order valence-corrected chi connectivity index (χ2v) is 12.3. The molecular formula is C31H24ClF3N2O5S. The largest absolute Gasteiger partial charge is 0.480 e. The first kappa shape index (κ1) is 30.3. The van der Waals surface area contributed by atoms with Crippen molar-refractivity contribution >= 4 is 38.3 Å². The molecule has 0 aliphatic carbocycles. The molecule has 5 aromatic rings. The van der Waals surface area contributed by atoms with Crippen molar-refractivity contribution in [3.8, 4) is 11.1 Å². The Morgan fingerprint density at radius 2 is 1.67 bits per heavy atom. The van der Waals surface area contributed by atoms with Crippen LogP contribution in [0, 0.1) is 0 Å². The van der Waals surface area contributed by atoms with E-state index in [2.05, 4.69) is 4.98 Å². The average molecular weight is 629 g/mol. The van der Waals surface area contributed by atoms with Gasteiger partial charge in [0.15, 0.2) is 15.6 Å². The normalized spacial score (nSPS) is 12.2. The number of sulfone groups is 1. The molecule has 5 rings (SSSR count). The van der Waals surface area contributed by atoms with E-state index in [-0.39, 0.29) is 23.7 Å². The minimum Gasteiger partial charge on any atom is -0.480 e. The Balaban J connectivity index is 1.43. The van der Waals surface area contributed by atoms with Crippen LogP contribution in [-0.2, 0) is 40.4 Å². The molecule has 7 nitrogen and oxygen atoms in total. The summed E-state index contributed by atoms with van der Waals surface area (Å²) in [5, 5.41) is 10.3. The minimum atomic E-state index is -4.61. The third kappa shape index (κ3) is 7.24. The number of hydrogen-bond acceptors (Lipinski definition) is 6. The van der Waals surface area contributed by atoms with Crippen molar-refractivity contribution in [1.29, 1.82) is 0 Å². The van der Waals surface area contributed by atoms with Crippen molar-refractivity contribution in [2.75, 3.05) is 5.75 Å². The molecule has 12 heteroatoms. The lowest BCUT2D eigenvalue weighted by atomic mass is 10.0. The lowest BCUT2D eigenvalue weighted by molar-refractivity contribution is -0.153. The van der Waals surface area contributed by atoms with E-state index >= 15 is 0 Å². The van der Waals surface area contributed by atoms with Gasteiger partial charge < -0.3 is 9.52 Å². The van der Waals surface area contributed by atoms with E-state index in [1.807, 2.05) is 29.2 Å². The number of hydrogen-bond donors (Lipinski definition) is 1. The quantitative estimate of drug-likeness (QED) is 0.174. The summed E-state index contributed by atoms with van der Waals surface area (Å²) < 4.78 is 69.5. The van der Waals surface area contributed by atoms with E-state index in [1.54, 1.807) is 42.6 Å². The van der Waals surface area contributed by atoms with Crippen LogP contribution in [0.4, 0.5) is 13.2 Å². The number of benzene rings is 3. The number of alkyl halides is 3. The molecule has 0 fully saturated rings. The van der Waals surface area contributed by atoms with Crippen molar-refractivity contribution in [2.45, 2.75) is 30.7 Å². The summed E-state index contributed by atoms with van der Waals surface area (Å²) in [5.41, 5.74) is 3.51. The van der Waals surface area contributed by atoms with E-state index in [1.165, 1.54) is 18.2 Å². The van der Waals surface area contributed by atoms with Crippen molar-refractivity contribution < 1.29 is 35.9 Å². The molecule has 0 unspecified atom stereocenters. The standard InChI is InChI=1S/C31H24ClF3N2O5S/c32-27-12-10-22-4-2-14-36-30(22)26(27)18-37(17-24-11-13-28(42-24)31(33,34)35)16-20-6-8-21(9-7-20)23-3-1-5-25(15-23)43(40,41)19-29(38)39/h1-15H,16-19H2,(H,38,39). The van der Waals surface area contributed by atoms with E-state index in [4.69, 9.17) is 21.1 Å². The molecule has 0 spiro atoms. The highest BCUT2D eigenvalue weighted by atomic mass is 35.5. The summed E-state index contributed by atoms with van der Waals surface area (Å²) in [7, 11) is -4.00. The van der Waals surface area contributed by atoms with Gasteiger partial charge in [0.05, 0.1) is 17.0 Å². The van der Waals surface area contributed by atoms with E-state index in [0.29, 0.717) is 28.2 Å². The molecule has 3 aromatic carbocycles. The summed E-state index contributed by atoms with van der Waals surface area (Å²) in [6.45, 7) is 0.635. The Morgan fingerprint density at radius 1 is 0.907 bits per heavy atom. The topological polar surface area (TPSA) is 101 Å². The average Bonchev–Trinajstić information content (AvgIpc) is 3.44. The summed E-state index contributed by atoms with van der Waals surface area (Å²) in [6.07, 6.45) is -2.96. The fraction of sp³-hybridized carbons (Fsp3) is 0.161. The molecule has 0 aliphatic rings. The maximum Gasteiger partial charge on any atom is 0.449 e. The predicted molar refractivity (Wildman–Crippen MR) is 155 cm³/mol. The van der Waals surface area contributed by atoms with Gasteiger partial charge in [0, 0.05) is 35.3 Å². The zero-order chi connectivity index (χ0) is 30.8. The number of nitrogens with zero attached hydrogens (tertiary/aromatic N) is 2. The zero-order valence-electron chi connectivity index (χ0n) is 22.4. The lowest BCUT2D eigenvalue weighted by Gasteiger charge is -2.23. The van der Waals surface area contributed by atoms with Gasteiger partial charge in [-0.15, -0.1) is 0 Å². The summed E-state index contributed by atoms with van der Waals surface area (Å²) in [4.78, 5) is 17.2. The number of rotatable bonds is 10. The molecule has 0 atom stereocenters. The second-order valence-electron chi connectivity index (χ2n) is 9.89. The van der Waals surface area contributed by atoms with Gasteiger partial charge in [-0.2, -0.15) is 13.2 Å². The van der Waals surface area contributed by atoms with Crippen LogP contribution in [-0.4, -0.2) is 35.1 Å². The third-order valence-corrected chi connectivity index (χ3v) is 8.68.